The minimum Gasteiger partial charge on any atom is -0.508 e. The molecule has 0 aliphatic rings. The minimum atomic E-state index is -0.726. The lowest BCUT2D eigenvalue weighted by atomic mass is 9.99. The molecular weight excluding hydrogens is 496 g/mol. The van der Waals surface area contributed by atoms with Crippen molar-refractivity contribution in [2.45, 2.75) is 72.3 Å². The maximum atomic E-state index is 9.73. The molecule has 0 saturated heterocycles. The summed E-state index contributed by atoms with van der Waals surface area (Å²) in [6.07, 6.45) is 16.8. The molecular formula is C36H54O4. The first kappa shape index (κ1) is 38.8. The van der Waals surface area contributed by atoms with Crippen molar-refractivity contribution in [3.8, 4) is 11.5 Å². The number of hydrogen-bond donors (Lipinski definition) is 2. The predicted octanol–water partition coefficient (Wildman–Crippen LogP) is 9.51. The van der Waals surface area contributed by atoms with E-state index < -0.39 is 5.60 Å². The third-order valence-electron chi connectivity index (χ3n) is 5.47. The number of hydrogen-bond acceptors (Lipinski definition) is 4. The van der Waals surface area contributed by atoms with Gasteiger partial charge in [-0.05, 0) is 102 Å². The Morgan fingerprint density at radius 1 is 0.900 bits per heavy atom. The van der Waals surface area contributed by atoms with Crippen LogP contribution in [0.3, 0.4) is 0 Å². The number of rotatable bonds is 11. The molecule has 2 rings (SSSR count). The average Bonchev–Trinajstić information content (AvgIpc) is 2.92. The third-order valence-corrected chi connectivity index (χ3v) is 5.47. The van der Waals surface area contributed by atoms with Crippen LogP contribution in [-0.4, -0.2) is 37.1 Å². The fourth-order valence-electron chi connectivity index (χ4n) is 3.11. The van der Waals surface area contributed by atoms with Crippen LogP contribution < -0.4 is 4.74 Å². The lowest BCUT2D eigenvalue weighted by Crippen LogP contribution is -2.19. The molecule has 4 heteroatoms. The Hall–Kier alpha value is -3.34. The molecule has 2 aromatic rings. The van der Waals surface area contributed by atoms with Gasteiger partial charge in [-0.15, -0.1) is 13.2 Å². The van der Waals surface area contributed by atoms with Crippen molar-refractivity contribution >= 4 is 6.08 Å². The van der Waals surface area contributed by atoms with Crippen LogP contribution in [0.5, 0.6) is 11.5 Å². The van der Waals surface area contributed by atoms with Gasteiger partial charge in [0.1, 0.15) is 11.5 Å². The van der Waals surface area contributed by atoms with E-state index in [-0.39, 0.29) is 0 Å². The summed E-state index contributed by atoms with van der Waals surface area (Å²) < 4.78 is 9.27. The first-order valence-electron chi connectivity index (χ1n) is 13.7. The van der Waals surface area contributed by atoms with Crippen molar-refractivity contribution < 1.29 is 19.7 Å². The third kappa shape index (κ3) is 23.8. The van der Waals surface area contributed by atoms with E-state index in [0.717, 1.165) is 37.9 Å². The van der Waals surface area contributed by atoms with E-state index in [1.807, 2.05) is 55.5 Å². The normalized spacial score (nSPS) is 11.8. The van der Waals surface area contributed by atoms with Crippen LogP contribution >= 0.6 is 0 Å². The predicted molar refractivity (Wildman–Crippen MR) is 175 cm³/mol. The molecule has 0 saturated carbocycles. The number of aromatic hydroxyl groups is 1. The quantitative estimate of drug-likeness (QED) is 0.274. The molecule has 2 N–H and O–H groups in total. The Bertz CT molecular complexity index is 990. The summed E-state index contributed by atoms with van der Waals surface area (Å²) in [4.78, 5) is 0. The molecule has 0 amide bonds. The van der Waals surface area contributed by atoms with E-state index in [9.17, 15) is 5.11 Å². The van der Waals surface area contributed by atoms with Crippen LogP contribution in [0.25, 0.3) is 6.08 Å². The largest absolute Gasteiger partial charge is 0.508 e. The topological polar surface area (TPSA) is 58.9 Å². The number of methoxy groups -OCH3 is 2. The zero-order valence-corrected chi connectivity index (χ0v) is 26.2. The summed E-state index contributed by atoms with van der Waals surface area (Å²) in [6, 6.07) is 15.1. The first-order valence-corrected chi connectivity index (χ1v) is 13.7. The standard InChI is InChI=1S/C15H26O.C10H12O.C9H10O.C2H6O/c1-6-15(5,16)12-8-11-14(4)10-7-9-13(2)3;1-3-4-9-5-7-10(11-2)8-6-9;1-2-3-8-4-6-9(10)7-5-8;1-3-2/h6,9,11,16H,1,7-8,10,12H2,2-5H3;3-8H,1-2H3;2,4-7,10H,1,3H2;1-2H3. The maximum Gasteiger partial charge on any atom is 0.118 e. The van der Waals surface area contributed by atoms with Gasteiger partial charge < -0.3 is 19.7 Å². The molecule has 0 bridgehead atoms. The molecule has 0 aliphatic carbocycles. The lowest BCUT2D eigenvalue weighted by Gasteiger charge is -2.16. The highest BCUT2D eigenvalue weighted by Crippen LogP contribution is 2.16. The monoisotopic (exact) mass is 550 g/mol. The smallest absolute Gasteiger partial charge is 0.118 e. The first-order chi connectivity index (χ1) is 19.0. The summed E-state index contributed by atoms with van der Waals surface area (Å²) in [5.74, 6) is 1.21. The van der Waals surface area contributed by atoms with Gasteiger partial charge in [0.25, 0.3) is 0 Å². The number of ether oxygens (including phenoxy) is 2. The van der Waals surface area contributed by atoms with E-state index >= 15 is 0 Å². The van der Waals surface area contributed by atoms with Gasteiger partial charge in [-0.25, -0.2) is 0 Å². The Morgan fingerprint density at radius 3 is 1.93 bits per heavy atom. The molecule has 2 aromatic carbocycles. The highest BCUT2D eigenvalue weighted by atomic mass is 16.5. The van der Waals surface area contributed by atoms with Crippen LogP contribution in [0.4, 0.5) is 0 Å². The van der Waals surface area contributed by atoms with Crippen molar-refractivity contribution in [2.24, 2.45) is 0 Å². The molecule has 0 heterocycles. The summed E-state index contributed by atoms with van der Waals surface area (Å²) in [6.45, 7) is 17.4. The molecule has 0 spiro atoms. The van der Waals surface area contributed by atoms with E-state index in [4.69, 9.17) is 9.84 Å². The zero-order valence-electron chi connectivity index (χ0n) is 26.2. The van der Waals surface area contributed by atoms with Crippen LogP contribution in [0, 0.1) is 0 Å². The highest BCUT2D eigenvalue weighted by molar-refractivity contribution is 5.50. The summed E-state index contributed by atoms with van der Waals surface area (Å²) in [5.41, 5.74) is 4.43. The lowest BCUT2D eigenvalue weighted by molar-refractivity contribution is 0.103. The van der Waals surface area contributed by atoms with Crippen LogP contribution in [-0.2, 0) is 11.2 Å². The Balaban J connectivity index is 0. The van der Waals surface area contributed by atoms with Crippen molar-refractivity contribution in [3.05, 3.63) is 114 Å². The Kier molecular flexibility index (Phi) is 23.9. The van der Waals surface area contributed by atoms with Gasteiger partial charge in [-0.1, -0.05) is 71.9 Å². The fourth-order valence-corrected chi connectivity index (χ4v) is 3.11. The molecule has 1 unspecified atom stereocenters. The van der Waals surface area contributed by atoms with E-state index in [1.165, 1.54) is 22.3 Å². The SMILES string of the molecule is C=CC(C)(O)CCC=C(C)CCC=C(C)C.C=CCc1ccc(O)cc1.CC=Cc1ccc(OC)cc1.COC. The van der Waals surface area contributed by atoms with Gasteiger partial charge in [0, 0.05) is 14.2 Å². The molecule has 0 aliphatic heterocycles. The molecule has 40 heavy (non-hydrogen) atoms. The van der Waals surface area contributed by atoms with Crippen LogP contribution in [0.1, 0.15) is 71.4 Å². The zero-order chi connectivity index (χ0) is 30.8. The summed E-state index contributed by atoms with van der Waals surface area (Å²) in [7, 11) is 4.92. The number of allylic oxidation sites excluding steroid dienone is 6. The molecule has 0 fully saturated rings. The average molecular weight is 551 g/mol. The number of phenolic OH excluding ortho intramolecular Hbond substituents is 1. The van der Waals surface area contributed by atoms with E-state index in [1.54, 1.807) is 46.5 Å². The van der Waals surface area contributed by atoms with Gasteiger partial charge in [-0.2, -0.15) is 0 Å². The molecule has 222 valence electrons. The highest BCUT2D eigenvalue weighted by Gasteiger charge is 2.13. The summed E-state index contributed by atoms with van der Waals surface area (Å²) in [5, 5.41) is 18.6. The second kappa shape index (κ2) is 24.7. The van der Waals surface area contributed by atoms with Gasteiger partial charge >= 0.3 is 0 Å². The Morgan fingerprint density at radius 2 is 1.48 bits per heavy atom. The van der Waals surface area contributed by atoms with Crippen LogP contribution in [0.2, 0.25) is 0 Å². The number of benzene rings is 2. The maximum absolute atomic E-state index is 9.73. The van der Waals surface area contributed by atoms with Crippen molar-refractivity contribution in [2.75, 3.05) is 21.3 Å². The molecule has 0 aromatic heterocycles. The number of phenols is 1. The second-order valence-electron chi connectivity index (χ2n) is 9.81. The van der Waals surface area contributed by atoms with Gasteiger partial charge in [0.15, 0.2) is 0 Å². The van der Waals surface area contributed by atoms with Gasteiger partial charge in [0.2, 0.25) is 0 Å². The molecule has 4 nitrogen and oxygen atoms in total. The van der Waals surface area contributed by atoms with Crippen LogP contribution in [0.15, 0.2) is 103 Å². The number of aliphatic hydroxyl groups is 1. The molecule has 1 atom stereocenters. The van der Waals surface area contributed by atoms with Crippen molar-refractivity contribution in [1.82, 2.24) is 0 Å². The van der Waals surface area contributed by atoms with E-state index in [2.05, 4.69) is 56.9 Å². The Labute approximate surface area is 245 Å². The van der Waals surface area contributed by atoms with Crippen molar-refractivity contribution in [3.63, 3.8) is 0 Å². The van der Waals surface area contributed by atoms with E-state index in [0.29, 0.717) is 5.75 Å². The summed E-state index contributed by atoms with van der Waals surface area (Å²) >= 11 is 0. The fraction of sp³-hybridized carbons (Fsp3) is 0.389. The minimum absolute atomic E-state index is 0.313. The van der Waals surface area contributed by atoms with Gasteiger partial charge in [0.05, 0.1) is 12.7 Å². The van der Waals surface area contributed by atoms with Gasteiger partial charge in [-0.3, -0.25) is 0 Å². The molecule has 0 radical (unpaired) electrons. The van der Waals surface area contributed by atoms with Crippen molar-refractivity contribution in [1.29, 1.82) is 0 Å². The second-order valence-corrected chi connectivity index (χ2v) is 9.81.